The molecule has 0 aromatic heterocycles. The van der Waals surface area contributed by atoms with E-state index in [4.69, 9.17) is 0 Å². The van der Waals surface area contributed by atoms with Crippen molar-refractivity contribution in [2.45, 2.75) is 32.9 Å². The van der Waals surface area contributed by atoms with Gasteiger partial charge >= 0.3 is 0 Å². The van der Waals surface area contributed by atoms with Crippen molar-refractivity contribution in [3.63, 3.8) is 0 Å². The molecule has 0 N–H and O–H groups in total. The Labute approximate surface area is 86.9 Å². The van der Waals surface area contributed by atoms with E-state index in [9.17, 15) is 0 Å². The lowest BCUT2D eigenvalue weighted by atomic mass is 9.97. The molecule has 0 saturated heterocycles. The van der Waals surface area contributed by atoms with E-state index in [-0.39, 0.29) is 0 Å². The number of hydrogen-bond acceptors (Lipinski definition) is 0. The van der Waals surface area contributed by atoms with Crippen molar-refractivity contribution in [2.75, 3.05) is 13.6 Å². The molecule has 1 heteroatoms. The fourth-order valence-corrected chi connectivity index (χ4v) is 2.24. The highest BCUT2D eigenvalue weighted by molar-refractivity contribution is 5.27. The molecular formula is C13H20N+. The van der Waals surface area contributed by atoms with Gasteiger partial charge in [-0.1, -0.05) is 24.3 Å². The molecule has 1 unspecified atom stereocenters. The van der Waals surface area contributed by atoms with Crippen molar-refractivity contribution in [1.29, 1.82) is 0 Å². The molecule has 1 aromatic rings. The van der Waals surface area contributed by atoms with E-state index in [0.29, 0.717) is 0 Å². The van der Waals surface area contributed by atoms with Gasteiger partial charge in [0.1, 0.15) is 6.54 Å². The summed E-state index contributed by atoms with van der Waals surface area (Å²) in [5, 5.41) is 0. The molecule has 2 rings (SSSR count). The lowest BCUT2D eigenvalue weighted by molar-refractivity contribution is -0.944. The highest BCUT2D eigenvalue weighted by Crippen LogP contribution is 2.25. The highest BCUT2D eigenvalue weighted by atomic mass is 15.3. The molecule has 0 fully saturated rings. The number of likely N-dealkylation sites (N-methyl/N-ethyl adjacent to an activating group) is 1. The first-order chi connectivity index (χ1) is 6.62. The van der Waals surface area contributed by atoms with Gasteiger partial charge in [0.05, 0.1) is 19.6 Å². The van der Waals surface area contributed by atoms with Gasteiger partial charge in [0.15, 0.2) is 0 Å². The molecule has 0 aliphatic carbocycles. The third-order valence-corrected chi connectivity index (χ3v) is 3.79. The molecule has 0 amide bonds. The van der Waals surface area contributed by atoms with Crippen molar-refractivity contribution in [3.8, 4) is 0 Å². The molecule has 76 valence electrons. The third kappa shape index (κ3) is 1.57. The Morgan fingerprint density at radius 2 is 1.79 bits per heavy atom. The summed E-state index contributed by atoms with van der Waals surface area (Å²) in [6.45, 7) is 7.14. The van der Waals surface area contributed by atoms with E-state index in [0.717, 1.165) is 6.04 Å². The van der Waals surface area contributed by atoms with E-state index in [2.05, 4.69) is 45.2 Å². The topological polar surface area (TPSA) is 0 Å². The SMILES string of the molecule is CC(C)[N+]1(C)CCc2ccccc2C1. The van der Waals surface area contributed by atoms with E-state index in [1.165, 1.54) is 24.0 Å². The van der Waals surface area contributed by atoms with Gasteiger partial charge in [0, 0.05) is 12.0 Å². The van der Waals surface area contributed by atoms with Crippen LogP contribution in [-0.2, 0) is 13.0 Å². The zero-order valence-corrected chi connectivity index (χ0v) is 9.46. The van der Waals surface area contributed by atoms with Crippen LogP contribution in [0.15, 0.2) is 24.3 Å². The quantitative estimate of drug-likeness (QED) is 0.597. The Bertz CT molecular complexity index is 330. The summed E-state index contributed by atoms with van der Waals surface area (Å²) in [5.74, 6) is 0. The zero-order chi connectivity index (χ0) is 10.2. The fourth-order valence-electron chi connectivity index (χ4n) is 2.24. The molecule has 14 heavy (non-hydrogen) atoms. The number of rotatable bonds is 1. The lowest BCUT2D eigenvalue weighted by Gasteiger charge is -2.42. The second-order valence-corrected chi connectivity index (χ2v) is 4.97. The normalized spacial score (nSPS) is 26.3. The van der Waals surface area contributed by atoms with Gasteiger partial charge in [-0.05, 0) is 19.4 Å². The lowest BCUT2D eigenvalue weighted by Crippen LogP contribution is -2.52. The van der Waals surface area contributed by atoms with Crippen molar-refractivity contribution in [2.24, 2.45) is 0 Å². The maximum absolute atomic E-state index is 2.38. The molecule has 0 radical (unpaired) electrons. The summed E-state index contributed by atoms with van der Waals surface area (Å²) in [6, 6.07) is 9.61. The molecule has 1 nitrogen and oxygen atoms in total. The highest BCUT2D eigenvalue weighted by Gasteiger charge is 2.30. The summed E-state index contributed by atoms with van der Waals surface area (Å²) in [5.41, 5.74) is 3.11. The van der Waals surface area contributed by atoms with Gasteiger partial charge in [-0.15, -0.1) is 0 Å². The zero-order valence-electron chi connectivity index (χ0n) is 9.46. The van der Waals surface area contributed by atoms with E-state index < -0.39 is 0 Å². The maximum Gasteiger partial charge on any atom is 0.105 e. The second kappa shape index (κ2) is 3.39. The Morgan fingerprint density at radius 3 is 2.43 bits per heavy atom. The van der Waals surface area contributed by atoms with Crippen LogP contribution in [0.1, 0.15) is 25.0 Å². The van der Waals surface area contributed by atoms with Crippen molar-refractivity contribution < 1.29 is 4.48 Å². The first-order valence-corrected chi connectivity index (χ1v) is 5.53. The van der Waals surface area contributed by atoms with Crippen LogP contribution >= 0.6 is 0 Å². The molecule has 0 bridgehead atoms. The van der Waals surface area contributed by atoms with Crippen LogP contribution in [0.4, 0.5) is 0 Å². The van der Waals surface area contributed by atoms with Crippen LogP contribution in [0.2, 0.25) is 0 Å². The number of fused-ring (bicyclic) bond motifs is 1. The predicted molar refractivity (Wildman–Crippen MR) is 60.0 cm³/mol. The molecule has 0 saturated carbocycles. The fraction of sp³-hybridized carbons (Fsp3) is 0.538. The summed E-state index contributed by atoms with van der Waals surface area (Å²) in [7, 11) is 2.38. The van der Waals surface area contributed by atoms with Crippen LogP contribution < -0.4 is 0 Å². The van der Waals surface area contributed by atoms with Gasteiger partial charge in [-0.25, -0.2) is 0 Å². The smallest absolute Gasteiger partial charge is 0.105 e. The molecule has 1 atom stereocenters. The Balaban J connectivity index is 2.29. The largest absolute Gasteiger partial charge is 0.320 e. The van der Waals surface area contributed by atoms with E-state index in [1.807, 2.05) is 0 Å². The molecule has 1 aliphatic rings. The number of nitrogens with zero attached hydrogens (tertiary/aromatic N) is 1. The van der Waals surface area contributed by atoms with Crippen LogP contribution in [0, 0.1) is 0 Å². The Kier molecular flexibility index (Phi) is 2.36. The molecule has 1 heterocycles. The molecule has 1 aliphatic heterocycles. The molecule has 0 spiro atoms. The summed E-state index contributed by atoms with van der Waals surface area (Å²) in [6.07, 6.45) is 1.24. The minimum atomic E-state index is 0.725. The van der Waals surface area contributed by atoms with Gasteiger partial charge in [0.25, 0.3) is 0 Å². The monoisotopic (exact) mass is 190 g/mol. The van der Waals surface area contributed by atoms with Crippen molar-refractivity contribution in [1.82, 2.24) is 0 Å². The second-order valence-electron chi connectivity index (χ2n) is 4.97. The van der Waals surface area contributed by atoms with Crippen molar-refractivity contribution in [3.05, 3.63) is 35.4 Å². The van der Waals surface area contributed by atoms with Crippen LogP contribution in [0.5, 0.6) is 0 Å². The first kappa shape index (κ1) is 9.72. The molecular weight excluding hydrogens is 170 g/mol. The maximum atomic E-state index is 2.38. The summed E-state index contributed by atoms with van der Waals surface area (Å²) in [4.78, 5) is 0. The average molecular weight is 190 g/mol. The number of quaternary nitrogens is 1. The minimum Gasteiger partial charge on any atom is -0.320 e. The number of benzene rings is 1. The molecule has 1 aromatic carbocycles. The Hall–Kier alpha value is -0.820. The summed E-state index contributed by atoms with van der Waals surface area (Å²) >= 11 is 0. The van der Waals surface area contributed by atoms with E-state index in [1.54, 1.807) is 11.1 Å². The van der Waals surface area contributed by atoms with Gasteiger partial charge in [-0.2, -0.15) is 0 Å². The van der Waals surface area contributed by atoms with Crippen LogP contribution in [0.3, 0.4) is 0 Å². The standard InChI is InChI=1S/C13H20N/c1-11(2)14(3)9-8-12-6-4-5-7-13(12)10-14/h4-7,11H,8-10H2,1-3H3/q+1. The van der Waals surface area contributed by atoms with Gasteiger partial charge in [0.2, 0.25) is 0 Å². The van der Waals surface area contributed by atoms with E-state index >= 15 is 0 Å². The summed E-state index contributed by atoms with van der Waals surface area (Å²) < 4.78 is 1.19. The van der Waals surface area contributed by atoms with Crippen molar-refractivity contribution >= 4 is 0 Å². The third-order valence-electron chi connectivity index (χ3n) is 3.79. The van der Waals surface area contributed by atoms with Crippen LogP contribution in [-0.4, -0.2) is 24.1 Å². The first-order valence-electron chi connectivity index (χ1n) is 5.53. The average Bonchev–Trinajstić information content (AvgIpc) is 2.17. The van der Waals surface area contributed by atoms with Gasteiger partial charge < -0.3 is 4.48 Å². The van der Waals surface area contributed by atoms with Crippen LogP contribution in [0.25, 0.3) is 0 Å². The predicted octanol–water partition coefficient (Wildman–Crippen LogP) is 2.60. The Morgan fingerprint density at radius 1 is 1.14 bits per heavy atom. The minimum absolute atomic E-state index is 0.725. The van der Waals surface area contributed by atoms with Gasteiger partial charge in [-0.3, -0.25) is 0 Å². The number of hydrogen-bond donors (Lipinski definition) is 0.